The topological polar surface area (TPSA) is 58.6 Å². The molecule has 3 rings (SSSR count). The number of fused-ring (bicyclic) bond motifs is 1. The van der Waals surface area contributed by atoms with E-state index in [0.717, 1.165) is 21.7 Å². The maximum atomic E-state index is 12.4. The van der Waals surface area contributed by atoms with E-state index in [0.29, 0.717) is 22.8 Å². The fourth-order valence-electron chi connectivity index (χ4n) is 2.48. The first kappa shape index (κ1) is 13.9. The average Bonchev–Trinajstić information content (AvgIpc) is 2.82. The molecule has 0 amide bonds. The molecule has 0 aromatic carbocycles. The zero-order valence-corrected chi connectivity index (χ0v) is 13.3. The number of nitrogens with one attached hydrogen (secondary N) is 1. The van der Waals surface area contributed by atoms with Crippen LogP contribution in [0.3, 0.4) is 0 Å². The summed E-state index contributed by atoms with van der Waals surface area (Å²) in [6, 6.07) is 3.94. The molecular weight excluding hydrogens is 282 g/mol. The van der Waals surface area contributed by atoms with Crippen LogP contribution < -0.4 is 5.56 Å². The summed E-state index contributed by atoms with van der Waals surface area (Å²) in [6.07, 6.45) is 0. The predicted molar refractivity (Wildman–Crippen MR) is 87.0 cm³/mol. The molecule has 0 saturated carbocycles. The summed E-state index contributed by atoms with van der Waals surface area (Å²) in [7, 11) is 0. The molecule has 21 heavy (non-hydrogen) atoms. The number of thiophene rings is 1. The molecule has 0 spiro atoms. The molecule has 1 N–H and O–H groups in total. The Hall–Kier alpha value is -2.01. The predicted octanol–water partition coefficient (Wildman–Crippen LogP) is 3.79. The molecular formula is C16H17N3OS. The van der Waals surface area contributed by atoms with Crippen LogP contribution >= 0.6 is 11.3 Å². The molecule has 0 aliphatic rings. The second-order valence-corrected chi connectivity index (χ2v) is 6.47. The molecule has 0 aliphatic heterocycles. The van der Waals surface area contributed by atoms with E-state index in [1.165, 1.54) is 11.3 Å². The van der Waals surface area contributed by atoms with Gasteiger partial charge in [-0.25, -0.2) is 9.97 Å². The quantitative estimate of drug-likeness (QED) is 0.783. The van der Waals surface area contributed by atoms with E-state index in [9.17, 15) is 4.79 Å². The highest BCUT2D eigenvalue weighted by atomic mass is 32.1. The maximum Gasteiger partial charge on any atom is 0.260 e. The van der Waals surface area contributed by atoms with Gasteiger partial charge >= 0.3 is 0 Å². The van der Waals surface area contributed by atoms with Crippen LogP contribution in [0.5, 0.6) is 0 Å². The Bertz CT molecular complexity index is 857. The van der Waals surface area contributed by atoms with Gasteiger partial charge in [-0.15, -0.1) is 11.3 Å². The van der Waals surface area contributed by atoms with Gasteiger partial charge in [0.05, 0.1) is 5.39 Å². The molecule has 3 heterocycles. The van der Waals surface area contributed by atoms with Crippen molar-refractivity contribution < 1.29 is 0 Å². The number of hydrogen-bond donors (Lipinski definition) is 1. The third-order valence-electron chi connectivity index (χ3n) is 3.43. The molecule has 0 aliphatic carbocycles. The molecule has 3 aromatic rings. The van der Waals surface area contributed by atoms with Crippen molar-refractivity contribution in [3.8, 4) is 11.5 Å². The van der Waals surface area contributed by atoms with E-state index in [2.05, 4.69) is 28.8 Å². The van der Waals surface area contributed by atoms with Crippen LogP contribution in [-0.4, -0.2) is 15.0 Å². The smallest absolute Gasteiger partial charge is 0.260 e. The standard InChI is InChI=1S/C16H17N3OS/c1-8(2)11-7-21-16-13(11)15(20)18-14(19-16)12-6-9(3)5-10(4)17-12/h5-8H,1-4H3,(H,18,19,20). The van der Waals surface area contributed by atoms with Crippen LogP contribution in [0.2, 0.25) is 0 Å². The number of aryl methyl sites for hydroxylation is 2. The van der Waals surface area contributed by atoms with Gasteiger partial charge in [-0.3, -0.25) is 4.79 Å². The zero-order chi connectivity index (χ0) is 15.1. The van der Waals surface area contributed by atoms with E-state index < -0.39 is 0 Å². The Morgan fingerprint density at radius 2 is 1.95 bits per heavy atom. The van der Waals surface area contributed by atoms with Crippen molar-refractivity contribution in [2.45, 2.75) is 33.6 Å². The van der Waals surface area contributed by atoms with Crippen molar-refractivity contribution in [1.29, 1.82) is 0 Å². The summed E-state index contributed by atoms with van der Waals surface area (Å²) < 4.78 is 0. The van der Waals surface area contributed by atoms with Gasteiger partial charge in [-0.2, -0.15) is 0 Å². The Balaban J connectivity index is 2.24. The summed E-state index contributed by atoms with van der Waals surface area (Å²) in [4.78, 5) is 25.1. The Labute approximate surface area is 126 Å². The molecule has 0 atom stereocenters. The lowest BCUT2D eigenvalue weighted by Gasteiger charge is -2.05. The summed E-state index contributed by atoms with van der Waals surface area (Å²) >= 11 is 1.51. The number of nitrogens with zero attached hydrogens (tertiary/aromatic N) is 2. The second-order valence-electron chi connectivity index (χ2n) is 5.61. The van der Waals surface area contributed by atoms with Crippen LogP contribution in [0.1, 0.15) is 36.6 Å². The SMILES string of the molecule is Cc1cc(C)nc(-c2nc3scc(C(C)C)c3c(=O)[nH]2)c1. The summed E-state index contributed by atoms with van der Waals surface area (Å²) in [5.74, 6) is 0.850. The normalized spacial score (nSPS) is 11.5. The van der Waals surface area contributed by atoms with Gasteiger partial charge in [-0.05, 0) is 48.4 Å². The lowest BCUT2D eigenvalue weighted by molar-refractivity contribution is 0.878. The molecule has 108 valence electrons. The van der Waals surface area contributed by atoms with Crippen LogP contribution in [0.15, 0.2) is 22.3 Å². The minimum absolute atomic E-state index is 0.0825. The van der Waals surface area contributed by atoms with Crippen molar-refractivity contribution >= 4 is 21.6 Å². The lowest BCUT2D eigenvalue weighted by atomic mass is 10.0. The Kier molecular flexibility index (Phi) is 3.37. The van der Waals surface area contributed by atoms with Crippen LogP contribution in [-0.2, 0) is 0 Å². The largest absolute Gasteiger partial charge is 0.305 e. The third kappa shape index (κ3) is 2.49. The molecule has 0 bridgehead atoms. The van der Waals surface area contributed by atoms with Crippen LogP contribution in [0, 0.1) is 13.8 Å². The first-order valence-corrected chi connectivity index (χ1v) is 7.80. The zero-order valence-electron chi connectivity index (χ0n) is 12.5. The Morgan fingerprint density at radius 1 is 1.19 bits per heavy atom. The highest BCUT2D eigenvalue weighted by Gasteiger charge is 2.15. The van der Waals surface area contributed by atoms with E-state index in [-0.39, 0.29) is 5.56 Å². The van der Waals surface area contributed by atoms with E-state index in [4.69, 9.17) is 0 Å². The number of rotatable bonds is 2. The monoisotopic (exact) mass is 299 g/mol. The van der Waals surface area contributed by atoms with Crippen molar-refractivity contribution in [2.75, 3.05) is 0 Å². The van der Waals surface area contributed by atoms with Gasteiger partial charge < -0.3 is 4.98 Å². The Morgan fingerprint density at radius 3 is 2.62 bits per heavy atom. The first-order valence-electron chi connectivity index (χ1n) is 6.93. The van der Waals surface area contributed by atoms with Crippen LogP contribution in [0.4, 0.5) is 0 Å². The summed E-state index contributed by atoms with van der Waals surface area (Å²) in [5.41, 5.74) is 3.71. The number of aromatic amines is 1. The molecule has 4 nitrogen and oxygen atoms in total. The van der Waals surface area contributed by atoms with Crippen molar-refractivity contribution in [2.24, 2.45) is 0 Å². The molecule has 0 radical (unpaired) electrons. The van der Waals surface area contributed by atoms with Gasteiger partial charge in [0.1, 0.15) is 10.5 Å². The highest BCUT2D eigenvalue weighted by molar-refractivity contribution is 7.16. The average molecular weight is 299 g/mol. The van der Waals surface area contributed by atoms with Gasteiger partial charge in [-0.1, -0.05) is 13.8 Å². The lowest BCUT2D eigenvalue weighted by Crippen LogP contribution is -2.10. The van der Waals surface area contributed by atoms with Gasteiger partial charge in [0.15, 0.2) is 5.82 Å². The number of hydrogen-bond acceptors (Lipinski definition) is 4. The summed E-state index contributed by atoms with van der Waals surface area (Å²) in [5, 5.41) is 2.74. The highest BCUT2D eigenvalue weighted by Crippen LogP contribution is 2.28. The fourth-order valence-corrected chi connectivity index (χ4v) is 3.58. The van der Waals surface area contributed by atoms with Crippen molar-refractivity contribution in [3.05, 3.63) is 44.7 Å². The minimum Gasteiger partial charge on any atom is -0.305 e. The van der Waals surface area contributed by atoms with Crippen molar-refractivity contribution in [1.82, 2.24) is 15.0 Å². The van der Waals surface area contributed by atoms with E-state index >= 15 is 0 Å². The number of H-pyrrole nitrogens is 1. The fraction of sp³-hybridized carbons (Fsp3) is 0.312. The first-order chi connectivity index (χ1) is 9.95. The third-order valence-corrected chi connectivity index (χ3v) is 4.33. The maximum absolute atomic E-state index is 12.4. The minimum atomic E-state index is -0.0825. The van der Waals surface area contributed by atoms with E-state index in [1.54, 1.807) is 0 Å². The van der Waals surface area contributed by atoms with Crippen LogP contribution in [0.25, 0.3) is 21.7 Å². The van der Waals surface area contributed by atoms with Gasteiger partial charge in [0.2, 0.25) is 0 Å². The van der Waals surface area contributed by atoms with Gasteiger partial charge in [0, 0.05) is 5.69 Å². The van der Waals surface area contributed by atoms with Gasteiger partial charge in [0.25, 0.3) is 5.56 Å². The number of pyridine rings is 1. The van der Waals surface area contributed by atoms with Crippen molar-refractivity contribution in [3.63, 3.8) is 0 Å². The number of aromatic nitrogens is 3. The molecule has 3 aromatic heterocycles. The molecule has 0 unspecified atom stereocenters. The molecule has 0 fully saturated rings. The second kappa shape index (κ2) is 5.07. The summed E-state index contributed by atoms with van der Waals surface area (Å²) in [6.45, 7) is 8.12. The molecule has 0 saturated heterocycles. The molecule has 5 heteroatoms. The van der Waals surface area contributed by atoms with E-state index in [1.807, 2.05) is 31.4 Å².